The number of hydrogen-bond donors (Lipinski definition) is 2. The van der Waals surface area contributed by atoms with Crippen LogP contribution >= 0.6 is 27.7 Å². The zero-order valence-corrected chi connectivity index (χ0v) is 10.3. The van der Waals surface area contributed by atoms with Gasteiger partial charge in [-0.25, -0.2) is 4.98 Å². The number of aromatic nitrogens is 1. The lowest BCUT2D eigenvalue weighted by Crippen LogP contribution is -2.37. The van der Waals surface area contributed by atoms with Crippen LogP contribution in [-0.4, -0.2) is 28.6 Å². The molecule has 2 rings (SSSR count). The third kappa shape index (κ3) is 2.70. The van der Waals surface area contributed by atoms with Gasteiger partial charge in [-0.2, -0.15) is 0 Å². The van der Waals surface area contributed by atoms with Crippen LogP contribution in [0.15, 0.2) is 22.9 Å². The molecule has 0 spiro atoms. The van der Waals surface area contributed by atoms with E-state index in [-0.39, 0.29) is 11.9 Å². The molecule has 2 heterocycles. The number of nitrogens with zero attached hydrogens (tertiary/aromatic N) is 1. The van der Waals surface area contributed by atoms with Gasteiger partial charge in [0.15, 0.2) is 0 Å². The number of rotatable bonds is 2. The Kier molecular flexibility index (Phi) is 3.61. The fourth-order valence-corrected chi connectivity index (χ4v) is 2.55. The molecule has 0 aromatic carbocycles. The molecule has 1 fully saturated rings. The quantitative estimate of drug-likeness (QED) is 0.809. The Labute approximate surface area is 100 Å². The van der Waals surface area contributed by atoms with Gasteiger partial charge in [-0.15, -0.1) is 11.8 Å². The van der Waals surface area contributed by atoms with E-state index in [1.54, 1.807) is 24.0 Å². The first-order valence-corrected chi connectivity index (χ1v) is 6.44. The van der Waals surface area contributed by atoms with Crippen molar-refractivity contribution in [3.8, 4) is 0 Å². The van der Waals surface area contributed by atoms with Gasteiger partial charge in [-0.3, -0.25) is 10.1 Å². The summed E-state index contributed by atoms with van der Waals surface area (Å²) in [5.74, 6) is 1.66. The van der Waals surface area contributed by atoms with Crippen LogP contribution in [-0.2, 0) is 4.79 Å². The molecule has 1 saturated heterocycles. The molecule has 1 aromatic rings. The molecule has 80 valence electrons. The molecule has 6 heteroatoms. The smallest absolute Gasteiger partial charge is 0.242 e. The summed E-state index contributed by atoms with van der Waals surface area (Å²) in [5, 5.41) is 5.94. The minimum atomic E-state index is -0.0953. The van der Waals surface area contributed by atoms with Crippen molar-refractivity contribution in [1.29, 1.82) is 0 Å². The van der Waals surface area contributed by atoms with E-state index in [9.17, 15) is 4.79 Å². The number of hydrogen-bond acceptors (Lipinski definition) is 4. The van der Waals surface area contributed by atoms with Crippen LogP contribution in [0.1, 0.15) is 0 Å². The molecule has 0 radical (unpaired) electrons. The largest absolute Gasteiger partial charge is 0.322 e. The third-order valence-corrected chi connectivity index (χ3v) is 3.62. The SMILES string of the molecule is O=C(Nc1cccnc1Br)C1CSCN1. The Morgan fingerprint density at radius 1 is 1.73 bits per heavy atom. The van der Waals surface area contributed by atoms with Gasteiger partial charge >= 0.3 is 0 Å². The highest BCUT2D eigenvalue weighted by Gasteiger charge is 2.22. The highest BCUT2D eigenvalue weighted by atomic mass is 79.9. The lowest BCUT2D eigenvalue weighted by Gasteiger charge is -2.10. The van der Waals surface area contributed by atoms with E-state index in [0.717, 1.165) is 11.6 Å². The lowest BCUT2D eigenvalue weighted by atomic mass is 10.3. The minimum Gasteiger partial charge on any atom is -0.322 e. The predicted molar refractivity (Wildman–Crippen MR) is 64.8 cm³/mol. The number of anilines is 1. The van der Waals surface area contributed by atoms with Crippen molar-refractivity contribution in [2.75, 3.05) is 16.9 Å². The first kappa shape index (κ1) is 10.9. The first-order valence-electron chi connectivity index (χ1n) is 4.50. The van der Waals surface area contributed by atoms with E-state index in [4.69, 9.17) is 0 Å². The summed E-state index contributed by atoms with van der Waals surface area (Å²) in [6.45, 7) is 0. The van der Waals surface area contributed by atoms with Gasteiger partial charge in [0.1, 0.15) is 4.60 Å². The maximum absolute atomic E-state index is 11.7. The summed E-state index contributed by atoms with van der Waals surface area (Å²) in [5.41, 5.74) is 0.709. The standard InChI is InChI=1S/C9H10BrN3OS/c10-8-6(2-1-3-11-8)13-9(14)7-4-15-5-12-7/h1-3,7,12H,4-5H2,(H,13,14). The predicted octanol–water partition coefficient (Wildman–Crippen LogP) is 1.45. The summed E-state index contributed by atoms with van der Waals surface area (Å²) >= 11 is 5.01. The van der Waals surface area contributed by atoms with Gasteiger partial charge < -0.3 is 5.32 Å². The first-order chi connectivity index (χ1) is 7.27. The van der Waals surface area contributed by atoms with E-state index >= 15 is 0 Å². The van der Waals surface area contributed by atoms with Crippen LogP contribution in [0.25, 0.3) is 0 Å². The Balaban J connectivity index is 2.02. The Morgan fingerprint density at radius 2 is 2.60 bits per heavy atom. The van der Waals surface area contributed by atoms with E-state index in [1.165, 1.54) is 0 Å². The van der Waals surface area contributed by atoms with Crippen molar-refractivity contribution in [3.63, 3.8) is 0 Å². The van der Waals surface area contributed by atoms with Crippen molar-refractivity contribution >= 4 is 39.3 Å². The second-order valence-electron chi connectivity index (χ2n) is 3.10. The van der Waals surface area contributed by atoms with Gasteiger partial charge in [0.2, 0.25) is 5.91 Å². The molecule has 1 aliphatic rings. The normalized spacial score (nSPS) is 20.2. The Hall–Kier alpha value is -0.590. The molecule has 0 saturated carbocycles. The molecular formula is C9H10BrN3OS. The summed E-state index contributed by atoms with van der Waals surface area (Å²) in [6.07, 6.45) is 1.67. The van der Waals surface area contributed by atoms with Crippen molar-refractivity contribution < 1.29 is 4.79 Å². The van der Waals surface area contributed by atoms with Crippen LogP contribution in [0, 0.1) is 0 Å². The van der Waals surface area contributed by atoms with E-state index in [1.807, 2.05) is 6.07 Å². The molecule has 2 N–H and O–H groups in total. The summed E-state index contributed by atoms with van der Waals surface area (Å²) < 4.78 is 0.656. The average molecular weight is 288 g/mol. The van der Waals surface area contributed by atoms with Gasteiger partial charge in [0.25, 0.3) is 0 Å². The minimum absolute atomic E-state index is 0.00583. The number of carbonyl (C=O) groups excluding carboxylic acids is 1. The van der Waals surface area contributed by atoms with Crippen molar-refractivity contribution in [2.24, 2.45) is 0 Å². The molecule has 1 unspecified atom stereocenters. The highest BCUT2D eigenvalue weighted by molar-refractivity contribution is 9.10. The molecule has 1 aliphatic heterocycles. The lowest BCUT2D eigenvalue weighted by molar-refractivity contribution is -0.117. The fraction of sp³-hybridized carbons (Fsp3) is 0.333. The van der Waals surface area contributed by atoms with Gasteiger partial charge in [-0.1, -0.05) is 0 Å². The van der Waals surface area contributed by atoms with E-state index < -0.39 is 0 Å². The Bertz CT molecular complexity index is 368. The Morgan fingerprint density at radius 3 is 3.27 bits per heavy atom. The number of nitrogens with one attached hydrogen (secondary N) is 2. The molecule has 1 amide bonds. The third-order valence-electron chi connectivity index (χ3n) is 2.05. The van der Waals surface area contributed by atoms with Crippen molar-refractivity contribution in [1.82, 2.24) is 10.3 Å². The molecule has 1 atom stereocenters. The number of thioether (sulfide) groups is 1. The molecular weight excluding hydrogens is 278 g/mol. The van der Waals surface area contributed by atoms with Crippen LogP contribution in [0.3, 0.4) is 0 Å². The van der Waals surface area contributed by atoms with Crippen molar-refractivity contribution in [3.05, 3.63) is 22.9 Å². The summed E-state index contributed by atoms with van der Waals surface area (Å²) in [7, 11) is 0. The van der Waals surface area contributed by atoms with Crippen LogP contribution < -0.4 is 10.6 Å². The topological polar surface area (TPSA) is 54.0 Å². The molecule has 1 aromatic heterocycles. The molecule has 4 nitrogen and oxygen atoms in total. The van der Waals surface area contributed by atoms with Crippen LogP contribution in [0.2, 0.25) is 0 Å². The summed E-state index contributed by atoms with van der Waals surface area (Å²) in [4.78, 5) is 15.8. The molecule has 0 bridgehead atoms. The summed E-state index contributed by atoms with van der Waals surface area (Å²) in [6, 6.07) is 3.51. The van der Waals surface area contributed by atoms with Crippen LogP contribution in [0.5, 0.6) is 0 Å². The molecule has 15 heavy (non-hydrogen) atoms. The number of amides is 1. The number of carbonyl (C=O) groups is 1. The zero-order chi connectivity index (χ0) is 10.7. The maximum atomic E-state index is 11.7. The fourth-order valence-electron chi connectivity index (χ4n) is 1.26. The van der Waals surface area contributed by atoms with Crippen molar-refractivity contribution in [2.45, 2.75) is 6.04 Å². The monoisotopic (exact) mass is 287 g/mol. The van der Waals surface area contributed by atoms with E-state index in [2.05, 4.69) is 31.5 Å². The van der Waals surface area contributed by atoms with Crippen LogP contribution in [0.4, 0.5) is 5.69 Å². The van der Waals surface area contributed by atoms with Gasteiger partial charge in [0, 0.05) is 17.8 Å². The maximum Gasteiger partial charge on any atom is 0.242 e. The van der Waals surface area contributed by atoms with Gasteiger partial charge in [0.05, 0.1) is 11.7 Å². The number of halogens is 1. The number of pyridine rings is 1. The average Bonchev–Trinajstić information content (AvgIpc) is 2.74. The van der Waals surface area contributed by atoms with E-state index in [0.29, 0.717) is 10.3 Å². The second kappa shape index (κ2) is 4.96. The highest BCUT2D eigenvalue weighted by Crippen LogP contribution is 2.19. The van der Waals surface area contributed by atoms with Gasteiger partial charge in [-0.05, 0) is 28.1 Å². The molecule has 0 aliphatic carbocycles. The second-order valence-corrected chi connectivity index (χ2v) is 4.88. The zero-order valence-electron chi connectivity index (χ0n) is 7.87.